The van der Waals surface area contributed by atoms with Crippen molar-refractivity contribution in [1.82, 2.24) is 10.2 Å². The van der Waals surface area contributed by atoms with Crippen LogP contribution in [0.15, 0.2) is 24.3 Å². The van der Waals surface area contributed by atoms with Gasteiger partial charge in [0.25, 0.3) is 0 Å². The van der Waals surface area contributed by atoms with Gasteiger partial charge in [-0.15, -0.1) is 0 Å². The maximum atomic E-state index is 11.6. The molecule has 112 valence electrons. The summed E-state index contributed by atoms with van der Waals surface area (Å²) in [5, 5.41) is 2.89. The number of carbonyl (C=O) groups excluding carboxylic acids is 1. The Morgan fingerprint density at radius 3 is 2.65 bits per heavy atom. The zero-order chi connectivity index (χ0) is 15.0. The summed E-state index contributed by atoms with van der Waals surface area (Å²) in [5.41, 5.74) is 1.05. The number of nitrogens with one attached hydrogen (secondary N) is 1. The first-order chi connectivity index (χ1) is 9.60. The zero-order valence-corrected chi connectivity index (χ0v) is 12.7. The summed E-state index contributed by atoms with van der Waals surface area (Å²) < 4.78 is 10.5. The van der Waals surface area contributed by atoms with Crippen LogP contribution in [-0.4, -0.2) is 51.8 Å². The van der Waals surface area contributed by atoms with Crippen LogP contribution < -0.4 is 10.1 Å². The Kier molecular flexibility index (Phi) is 7.04. The SMILES string of the molecule is CCOCC(=O)NCC(c1ccccc1OC)N(C)C. The minimum Gasteiger partial charge on any atom is -0.496 e. The number of likely N-dealkylation sites (N-methyl/N-ethyl adjacent to an activating group) is 1. The molecule has 1 rings (SSSR count). The Bertz CT molecular complexity index is 421. The molecule has 1 aromatic rings. The van der Waals surface area contributed by atoms with Crippen LogP contribution in [-0.2, 0) is 9.53 Å². The van der Waals surface area contributed by atoms with E-state index in [-0.39, 0.29) is 18.6 Å². The normalized spacial score (nSPS) is 12.2. The molecule has 0 aliphatic rings. The van der Waals surface area contributed by atoms with Gasteiger partial charge in [-0.05, 0) is 27.1 Å². The van der Waals surface area contributed by atoms with Gasteiger partial charge in [0.15, 0.2) is 0 Å². The number of carbonyl (C=O) groups is 1. The summed E-state index contributed by atoms with van der Waals surface area (Å²) in [5.74, 6) is 0.721. The van der Waals surface area contributed by atoms with E-state index < -0.39 is 0 Å². The van der Waals surface area contributed by atoms with Gasteiger partial charge in [0.1, 0.15) is 12.4 Å². The van der Waals surface area contributed by atoms with Crippen LogP contribution in [0.1, 0.15) is 18.5 Å². The minimum absolute atomic E-state index is 0.0525. The smallest absolute Gasteiger partial charge is 0.246 e. The summed E-state index contributed by atoms with van der Waals surface area (Å²) in [6.07, 6.45) is 0. The van der Waals surface area contributed by atoms with Crippen molar-refractivity contribution in [1.29, 1.82) is 0 Å². The van der Waals surface area contributed by atoms with Gasteiger partial charge in [0.2, 0.25) is 5.91 Å². The van der Waals surface area contributed by atoms with Crippen molar-refractivity contribution in [2.45, 2.75) is 13.0 Å². The number of benzene rings is 1. The van der Waals surface area contributed by atoms with E-state index in [1.54, 1.807) is 7.11 Å². The Labute approximate surface area is 120 Å². The van der Waals surface area contributed by atoms with Crippen molar-refractivity contribution in [3.8, 4) is 5.75 Å². The van der Waals surface area contributed by atoms with Gasteiger partial charge in [-0.2, -0.15) is 0 Å². The van der Waals surface area contributed by atoms with Crippen molar-refractivity contribution in [2.24, 2.45) is 0 Å². The van der Waals surface area contributed by atoms with Crippen molar-refractivity contribution in [2.75, 3.05) is 41.0 Å². The Morgan fingerprint density at radius 1 is 1.35 bits per heavy atom. The maximum absolute atomic E-state index is 11.6. The minimum atomic E-state index is -0.103. The lowest BCUT2D eigenvalue weighted by Crippen LogP contribution is -2.36. The average molecular weight is 280 g/mol. The molecule has 5 heteroatoms. The van der Waals surface area contributed by atoms with E-state index in [1.807, 2.05) is 45.3 Å². The van der Waals surface area contributed by atoms with E-state index in [2.05, 4.69) is 10.2 Å². The molecular weight excluding hydrogens is 256 g/mol. The van der Waals surface area contributed by atoms with E-state index in [9.17, 15) is 4.79 Å². The largest absolute Gasteiger partial charge is 0.496 e. The Balaban J connectivity index is 2.72. The van der Waals surface area contributed by atoms with Crippen molar-refractivity contribution in [3.63, 3.8) is 0 Å². The first-order valence-electron chi connectivity index (χ1n) is 6.73. The lowest BCUT2D eigenvalue weighted by molar-refractivity contribution is -0.125. The van der Waals surface area contributed by atoms with Crippen molar-refractivity contribution >= 4 is 5.91 Å². The molecule has 1 N–H and O–H groups in total. The molecule has 0 aliphatic heterocycles. The molecule has 0 radical (unpaired) electrons. The Hall–Kier alpha value is -1.59. The maximum Gasteiger partial charge on any atom is 0.246 e. The third kappa shape index (κ3) is 4.83. The van der Waals surface area contributed by atoms with Crippen LogP contribution in [0, 0.1) is 0 Å². The fourth-order valence-corrected chi connectivity index (χ4v) is 1.97. The predicted octanol–water partition coefficient (Wildman–Crippen LogP) is 1.45. The molecule has 1 amide bonds. The molecule has 1 aromatic carbocycles. The quantitative estimate of drug-likeness (QED) is 0.783. The highest BCUT2D eigenvalue weighted by molar-refractivity contribution is 5.77. The highest BCUT2D eigenvalue weighted by Gasteiger charge is 2.18. The molecular formula is C15H24N2O3. The number of amides is 1. The number of hydrogen-bond acceptors (Lipinski definition) is 4. The number of methoxy groups -OCH3 is 1. The predicted molar refractivity (Wildman–Crippen MR) is 78.9 cm³/mol. The number of hydrogen-bond donors (Lipinski definition) is 1. The van der Waals surface area contributed by atoms with Crippen LogP contribution in [0.25, 0.3) is 0 Å². The first kappa shape index (κ1) is 16.5. The second-order valence-corrected chi connectivity index (χ2v) is 4.66. The number of rotatable bonds is 8. The molecule has 0 saturated carbocycles. The van der Waals surface area contributed by atoms with Gasteiger partial charge in [0.05, 0.1) is 13.2 Å². The second kappa shape index (κ2) is 8.55. The van der Waals surface area contributed by atoms with Crippen molar-refractivity contribution < 1.29 is 14.3 Å². The summed E-state index contributed by atoms with van der Waals surface area (Å²) in [7, 11) is 5.61. The number of nitrogens with zero attached hydrogens (tertiary/aromatic N) is 1. The number of ether oxygens (including phenoxy) is 2. The van der Waals surface area contributed by atoms with Crippen LogP contribution >= 0.6 is 0 Å². The average Bonchev–Trinajstić information content (AvgIpc) is 2.45. The van der Waals surface area contributed by atoms with Crippen LogP contribution in [0.3, 0.4) is 0 Å². The van der Waals surface area contributed by atoms with Gasteiger partial charge in [0, 0.05) is 18.7 Å². The summed E-state index contributed by atoms with van der Waals surface area (Å²) in [4.78, 5) is 13.7. The molecule has 5 nitrogen and oxygen atoms in total. The molecule has 1 unspecified atom stereocenters. The topological polar surface area (TPSA) is 50.8 Å². The van der Waals surface area contributed by atoms with Gasteiger partial charge in [-0.3, -0.25) is 4.79 Å². The molecule has 0 aliphatic carbocycles. The molecule has 0 fully saturated rings. The molecule has 0 spiro atoms. The Morgan fingerprint density at radius 2 is 2.05 bits per heavy atom. The fourth-order valence-electron chi connectivity index (χ4n) is 1.97. The molecule has 20 heavy (non-hydrogen) atoms. The molecule has 0 bridgehead atoms. The van der Waals surface area contributed by atoms with Gasteiger partial charge < -0.3 is 19.7 Å². The van der Waals surface area contributed by atoms with E-state index in [0.29, 0.717) is 13.2 Å². The van der Waals surface area contributed by atoms with Crippen LogP contribution in [0.2, 0.25) is 0 Å². The van der Waals surface area contributed by atoms with Crippen LogP contribution in [0.4, 0.5) is 0 Å². The fraction of sp³-hybridized carbons (Fsp3) is 0.533. The third-order valence-corrected chi connectivity index (χ3v) is 3.05. The second-order valence-electron chi connectivity index (χ2n) is 4.66. The lowest BCUT2D eigenvalue weighted by Gasteiger charge is -2.26. The molecule has 0 heterocycles. The van der Waals surface area contributed by atoms with E-state index in [4.69, 9.17) is 9.47 Å². The molecule has 0 saturated heterocycles. The first-order valence-corrected chi connectivity index (χ1v) is 6.73. The summed E-state index contributed by atoms with van der Waals surface area (Å²) in [6.45, 7) is 3.02. The van der Waals surface area contributed by atoms with Crippen molar-refractivity contribution in [3.05, 3.63) is 29.8 Å². The lowest BCUT2D eigenvalue weighted by atomic mass is 10.0. The standard InChI is InChI=1S/C15H24N2O3/c1-5-20-11-15(18)16-10-13(17(2)3)12-8-6-7-9-14(12)19-4/h6-9,13H,5,10-11H2,1-4H3,(H,16,18). The highest BCUT2D eigenvalue weighted by Crippen LogP contribution is 2.27. The highest BCUT2D eigenvalue weighted by atomic mass is 16.5. The molecule has 1 atom stereocenters. The van der Waals surface area contributed by atoms with Gasteiger partial charge in [-0.1, -0.05) is 18.2 Å². The summed E-state index contributed by atoms with van der Waals surface area (Å²) >= 11 is 0. The van der Waals surface area contributed by atoms with Gasteiger partial charge >= 0.3 is 0 Å². The van der Waals surface area contributed by atoms with E-state index in [0.717, 1.165) is 11.3 Å². The summed E-state index contributed by atoms with van der Waals surface area (Å²) in [6, 6.07) is 7.89. The zero-order valence-electron chi connectivity index (χ0n) is 12.7. The molecule has 0 aromatic heterocycles. The van der Waals surface area contributed by atoms with E-state index >= 15 is 0 Å². The number of para-hydroxylation sites is 1. The monoisotopic (exact) mass is 280 g/mol. The van der Waals surface area contributed by atoms with Gasteiger partial charge in [-0.25, -0.2) is 0 Å². The van der Waals surface area contributed by atoms with E-state index in [1.165, 1.54) is 0 Å². The van der Waals surface area contributed by atoms with Crippen LogP contribution in [0.5, 0.6) is 5.75 Å². The third-order valence-electron chi connectivity index (χ3n) is 3.05.